The van der Waals surface area contributed by atoms with Crippen LogP contribution in [0.25, 0.3) is 0 Å². The summed E-state index contributed by atoms with van der Waals surface area (Å²) in [5.74, 6) is -0.496. The summed E-state index contributed by atoms with van der Waals surface area (Å²) in [7, 11) is -4.53. The van der Waals surface area contributed by atoms with Gasteiger partial charge in [-0.3, -0.25) is 4.68 Å². The van der Waals surface area contributed by atoms with E-state index in [4.69, 9.17) is 5.73 Å². The highest BCUT2D eigenvalue weighted by Gasteiger charge is 2.20. The van der Waals surface area contributed by atoms with Crippen molar-refractivity contribution in [3.05, 3.63) is 6.20 Å². The minimum atomic E-state index is -3.85. The molecule has 1 aromatic heterocycles. The van der Waals surface area contributed by atoms with Crippen molar-refractivity contribution in [1.82, 2.24) is 19.2 Å². The molecule has 0 unspecified atom stereocenters. The maximum absolute atomic E-state index is 11.8. The fraction of sp³-hybridized carbons (Fsp3) is 0.571. The molecule has 0 atom stereocenters. The molecule has 1 rings (SSSR count). The van der Waals surface area contributed by atoms with Crippen molar-refractivity contribution < 1.29 is 16.8 Å². The molecule has 18 heavy (non-hydrogen) atoms. The maximum Gasteiger partial charge on any atom is 0.245 e. The Kier molecular flexibility index (Phi) is 4.32. The number of sulfonamides is 2. The lowest BCUT2D eigenvalue weighted by Gasteiger charge is -2.05. The van der Waals surface area contributed by atoms with E-state index < -0.39 is 20.0 Å². The van der Waals surface area contributed by atoms with Crippen molar-refractivity contribution in [2.45, 2.75) is 4.90 Å². The normalized spacial score (nSPS) is 12.8. The van der Waals surface area contributed by atoms with Crippen molar-refractivity contribution in [2.75, 3.05) is 25.1 Å². The highest BCUT2D eigenvalue weighted by molar-refractivity contribution is 7.90. The van der Waals surface area contributed by atoms with E-state index in [0.29, 0.717) is 0 Å². The summed E-state index contributed by atoms with van der Waals surface area (Å²) in [6.07, 6.45) is 1.24. The van der Waals surface area contributed by atoms with Crippen LogP contribution in [0.5, 0.6) is 0 Å². The summed E-state index contributed by atoms with van der Waals surface area (Å²) >= 11 is 0. The summed E-state index contributed by atoms with van der Waals surface area (Å²) in [6.45, 7) is -0.250. The highest BCUT2D eigenvalue weighted by Crippen LogP contribution is 2.14. The van der Waals surface area contributed by atoms with Gasteiger partial charge in [-0.15, -0.1) is 0 Å². The Morgan fingerprint density at radius 1 is 1.39 bits per heavy atom. The summed E-state index contributed by atoms with van der Waals surface area (Å²) in [4.78, 5) is -0.174. The smallest absolute Gasteiger partial charge is 0.245 e. The predicted octanol–water partition coefficient (Wildman–Crippen LogP) is -2.17. The Bertz CT molecular complexity index is 618. The van der Waals surface area contributed by atoms with Crippen LogP contribution in [0.2, 0.25) is 0 Å². The Hall–Kier alpha value is -1.17. The van der Waals surface area contributed by atoms with Gasteiger partial charge >= 0.3 is 0 Å². The minimum Gasteiger partial charge on any atom is -0.381 e. The number of rotatable bonds is 6. The summed E-state index contributed by atoms with van der Waals surface area (Å²) in [5.41, 5.74) is 5.43. The SMILES string of the molecule is CNS(=O)(=O)CCNS(=O)(=O)c1cn(C)nc1N. The molecular weight excluding hydrogens is 282 g/mol. The third-order valence-corrected chi connectivity index (χ3v) is 4.93. The van der Waals surface area contributed by atoms with E-state index in [-0.39, 0.29) is 23.0 Å². The number of nitrogens with zero attached hydrogens (tertiary/aromatic N) is 2. The first kappa shape index (κ1) is 14.9. The van der Waals surface area contributed by atoms with Gasteiger partial charge in [0.25, 0.3) is 0 Å². The van der Waals surface area contributed by atoms with Crippen LogP contribution in [0.3, 0.4) is 0 Å². The lowest BCUT2D eigenvalue weighted by Crippen LogP contribution is -2.33. The summed E-state index contributed by atoms with van der Waals surface area (Å²) in [6, 6.07) is 0. The van der Waals surface area contributed by atoms with Crippen LogP contribution in [-0.4, -0.2) is 46.0 Å². The van der Waals surface area contributed by atoms with Crippen LogP contribution in [0, 0.1) is 0 Å². The number of aryl methyl sites for hydroxylation is 1. The number of hydrogen-bond acceptors (Lipinski definition) is 6. The standard InChI is InChI=1S/C7H15N5O4S2/c1-9-17(13,14)4-3-10-18(15,16)6-5-12(2)11-7(6)8/h5,9-10H,3-4H2,1-2H3,(H2,8,11). The van der Waals surface area contributed by atoms with Crippen molar-refractivity contribution in [3.63, 3.8) is 0 Å². The molecule has 0 aliphatic heterocycles. The van der Waals surface area contributed by atoms with E-state index in [1.807, 2.05) is 0 Å². The van der Waals surface area contributed by atoms with Gasteiger partial charge in [-0.2, -0.15) is 5.10 Å². The largest absolute Gasteiger partial charge is 0.381 e. The molecule has 0 aliphatic rings. The lowest BCUT2D eigenvalue weighted by molar-refractivity contribution is 0.578. The summed E-state index contributed by atoms with van der Waals surface area (Å²) in [5, 5.41) is 3.70. The third-order valence-electron chi connectivity index (χ3n) is 2.09. The number of nitrogens with two attached hydrogens (primary N) is 1. The van der Waals surface area contributed by atoms with Crippen LogP contribution >= 0.6 is 0 Å². The fourth-order valence-corrected chi connectivity index (χ4v) is 3.02. The molecule has 1 aromatic rings. The number of nitrogens with one attached hydrogen (secondary N) is 2. The Balaban J connectivity index is 2.76. The minimum absolute atomic E-state index is 0.138. The fourth-order valence-electron chi connectivity index (χ4n) is 1.18. The molecule has 0 saturated heterocycles. The molecule has 104 valence electrons. The number of aromatic nitrogens is 2. The van der Waals surface area contributed by atoms with Crippen LogP contribution in [0.1, 0.15) is 0 Å². The van der Waals surface area contributed by atoms with Crippen LogP contribution in [-0.2, 0) is 27.1 Å². The van der Waals surface area contributed by atoms with E-state index in [0.717, 1.165) is 0 Å². The van der Waals surface area contributed by atoms with Crippen molar-refractivity contribution in [3.8, 4) is 0 Å². The molecule has 1 heterocycles. The molecule has 0 fully saturated rings. The van der Waals surface area contributed by atoms with Gasteiger partial charge in [-0.1, -0.05) is 0 Å². The average molecular weight is 297 g/mol. The third kappa shape index (κ3) is 3.66. The zero-order valence-corrected chi connectivity index (χ0v) is 11.5. The molecule has 0 bridgehead atoms. The first-order valence-electron chi connectivity index (χ1n) is 4.88. The average Bonchev–Trinajstić information content (AvgIpc) is 2.58. The lowest BCUT2D eigenvalue weighted by atomic mass is 10.7. The first-order chi connectivity index (χ1) is 8.18. The topological polar surface area (TPSA) is 136 Å². The van der Waals surface area contributed by atoms with Gasteiger partial charge in [0.1, 0.15) is 4.90 Å². The predicted molar refractivity (Wildman–Crippen MR) is 65.7 cm³/mol. The van der Waals surface area contributed by atoms with E-state index in [2.05, 4.69) is 14.5 Å². The molecule has 0 spiro atoms. The molecule has 11 heteroatoms. The molecule has 0 saturated carbocycles. The van der Waals surface area contributed by atoms with Gasteiger partial charge in [-0.05, 0) is 7.05 Å². The Morgan fingerprint density at radius 2 is 2.00 bits per heavy atom. The quantitative estimate of drug-likeness (QED) is 0.546. The monoisotopic (exact) mass is 297 g/mol. The van der Waals surface area contributed by atoms with Crippen molar-refractivity contribution >= 4 is 25.9 Å². The zero-order chi connectivity index (χ0) is 14.0. The molecule has 0 aliphatic carbocycles. The van der Waals surface area contributed by atoms with Gasteiger partial charge in [0.2, 0.25) is 20.0 Å². The van der Waals surface area contributed by atoms with Gasteiger partial charge < -0.3 is 5.73 Å². The molecular formula is C7H15N5O4S2. The van der Waals surface area contributed by atoms with Gasteiger partial charge in [0.15, 0.2) is 5.82 Å². The number of anilines is 1. The molecule has 9 nitrogen and oxygen atoms in total. The van der Waals surface area contributed by atoms with Gasteiger partial charge in [0.05, 0.1) is 5.75 Å². The van der Waals surface area contributed by atoms with Crippen molar-refractivity contribution in [2.24, 2.45) is 7.05 Å². The van der Waals surface area contributed by atoms with Crippen LogP contribution < -0.4 is 15.2 Å². The molecule has 0 radical (unpaired) electrons. The van der Waals surface area contributed by atoms with Gasteiger partial charge in [-0.25, -0.2) is 26.3 Å². The second kappa shape index (κ2) is 5.22. The maximum atomic E-state index is 11.8. The highest BCUT2D eigenvalue weighted by atomic mass is 32.2. The zero-order valence-electron chi connectivity index (χ0n) is 9.91. The first-order valence-corrected chi connectivity index (χ1v) is 8.01. The van der Waals surface area contributed by atoms with E-state index in [1.54, 1.807) is 0 Å². The van der Waals surface area contributed by atoms with Crippen molar-refractivity contribution in [1.29, 1.82) is 0 Å². The number of hydrogen-bond donors (Lipinski definition) is 3. The van der Waals surface area contributed by atoms with E-state index in [1.165, 1.54) is 25.0 Å². The second-order valence-electron chi connectivity index (χ2n) is 3.47. The van der Waals surface area contributed by atoms with Gasteiger partial charge in [0, 0.05) is 19.8 Å². The summed E-state index contributed by atoms with van der Waals surface area (Å²) < 4.78 is 51.2. The van der Waals surface area contributed by atoms with Crippen LogP contribution in [0.4, 0.5) is 5.82 Å². The molecule has 0 aromatic carbocycles. The van der Waals surface area contributed by atoms with Crippen LogP contribution in [0.15, 0.2) is 11.1 Å². The molecule has 4 N–H and O–H groups in total. The Labute approximate surface area is 105 Å². The second-order valence-corrected chi connectivity index (χ2v) is 7.25. The van der Waals surface area contributed by atoms with E-state index >= 15 is 0 Å². The van der Waals surface area contributed by atoms with E-state index in [9.17, 15) is 16.8 Å². The number of nitrogen functional groups attached to an aromatic ring is 1. The molecule has 0 amide bonds. The Morgan fingerprint density at radius 3 is 2.44 bits per heavy atom.